The fraction of sp³-hybridized carbons (Fsp3) is 0.0625. The molecule has 120 valence electrons. The lowest BCUT2D eigenvalue weighted by molar-refractivity contribution is 0.466. The molecule has 4 rings (SSSR count). The molecule has 0 spiro atoms. The first kappa shape index (κ1) is 15.7. The lowest BCUT2D eigenvalue weighted by Gasteiger charge is -1.94. The number of nitrogens with zero attached hydrogens (tertiary/aromatic N) is 4. The van der Waals surface area contributed by atoms with Crippen molar-refractivity contribution in [2.24, 2.45) is 0 Å². The van der Waals surface area contributed by atoms with Crippen molar-refractivity contribution in [3.8, 4) is 11.5 Å². The van der Waals surface area contributed by atoms with Crippen LogP contribution in [-0.2, 0) is 5.75 Å². The summed E-state index contributed by atoms with van der Waals surface area (Å²) >= 11 is 10.8. The van der Waals surface area contributed by atoms with Crippen molar-refractivity contribution in [3.63, 3.8) is 0 Å². The van der Waals surface area contributed by atoms with E-state index in [0.29, 0.717) is 21.9 Å². The molecule has 0 N–H and O–H groups in total. The molecular formula is C16H10BrClN4OS. The average Bonchev–Trinajstić information content (AvgIpc) is 3.19. The minimum absolute atomic E-state index is 0.506. The second kappa shape index (κ2) is 6.58. The summed E-state index contributed by atoms with van der Waals surface area (Å²) in [5, 5.41) is 9.36. The van der Waals surface area contributed by atoms with Crippen molar-refractivity contribution >= 4 is 44.9 Å². The fourth-order valence-electron chi connectivity index (χ4n) is 2.20. The van der Waals surface area contributed by atoms with Crippen LogP contribution in [0.15, 0.2) is 62.9 Å². The molecule has 0 amide bonds. The Morgan fingerprint density at radius 2 is 1.92 bits per heavy atom. The molecule has 0 radical (unpaired) electrons. The van der Waals surface area contributed by atoms with E-state index in [1.807, 2.05) is 53.2 Å². The minimum Gasteiger partial charge on any atom is -0.411 e. The van der Waals surface area contributed by atoms with Crippen LogP contribution < -0.4 is 0 Å². The van der Waals surface area contributed by atoms with Gasteiger partial charge in [0.15, 0.2) is 0 Å². The smallest absolute Gasteiger partial charge is 0.277 e. The van der Waals surface area contributed by atoms with Crippen LogP contribution in [0.5, 0.6) is 0 Å². The highest BCUT2D eigenvalue weighted by atomic mass is 79.9. The SMILES string of the molecule is Clc1ccc2nc(CSc3nnc(-c4ccc(Br)cc4)o3)cn2c1. The van der Waals surface area contributed by atoms with E-state index < -0.39 is 0 Å². The summed E-state index contributed by atoms with van der Waals surface area (Å²) in [7, 11) is 0. The third-order valence-electron chi connectivity index (χ3n) is 3.31. The molecule has 0 bridgehead atoms. The largest absolute Gasteiger partial charge is 0.411 e. The second-order valence-electron chi connectivity index (χ2n) is 5.01. The lowest BCUT2D eigenvalue weighted by Crippen LogP contribution is -1.79. The molecular weight excluding hydrogens is 412 g/mol. The van der Waals surface area contributed by atoms with Gasteiger partial charge < -0.3 is 8.82 Å². The zero-order valence-corrected chi connectivity index (χ0v) is 15.3. The van der Waals surface area contributed by atoms with Gasteiger partial charge in [0, 0.05) is 28.2 Å². The van der Waals surface area contributed by atoms with E-state index in [2.05, 4.69) is 31.1 Å². The Hall–Kier alpha value is -1.83. The highest BCUT2D eigenvalue weighted by Gasteiger charge is 2.10. The Bertz CT molecular complexity index is 999. The number of halogens is 2. The lowest BCUT2D eigenvalue weighted by atomic mass is 10.2. The Labute approximate surface area is 155 Å². The van der Waals surface area contributed by atoms with Crippen LogP contribution in [-0.4, -0.2) is 19.6 Å². The first-order valence-electron chi connectivity index (χ1n) is 7.03. The van der Waals surface area contributed by atoms with Crippen molar-refractivity contribution in [2.75, 3.05) is 0 Å². The van der Waals surface area contributed by atoms with Gasteiger partial charge in [0.1, 0.15) is 5.65 Å². The molecule has 0 aliphatic carbocycles. The molecule has 0 fully saturated rings. The number of rotatable bonds is 4. The summed E-state index contributed by atoms with van der Waals surface area (Å²) in [5.41, 5.74) is 2.67. The van der Waals surface area contributed by atoms with Crippen molar-refractivity contribution in [2.45, 2.75) is 11.0 Å². The van der Waals surface area contributed by atoms with Crippen LogP contribution in [0.25, 0.3) is 17.1 Å². The summed E-state index contributed by atoms with van der Waals surface area (Å²) in [6.07, 6.45) is 3.77. The van der Waals surface area contributed by atoms with Gasteiger partial charge in [0.25, 0.3) is 5.22 Å². The first-order chi connectivity index (χ1) is 11.7. The van der Waals surface area contributed by atoms with E-state index in [0.717, 1.165) is 21.4 Å². The highest BCUT2D eigenvalue weighted by Crippen LogP contribution is 2.26. The number of pyridine rings is 1. The number of thioether (sulfide) groups is 1. The maximum absolute atomic E-state index is 5.98. The normalized spacial score (nSPS) is 11.2. The molecule has 3 heterocycles. The van der Waals surface area contributed by atoms with Crippen LogP contribution in [0.1, 0.15) is 5.69 Å². The molecule has 1 aromatic carbocycles. The summed E-state index contributed by atoms with van der Waals surface area (Å²) in [4.78, 5) is 4.53. The Balaban J connectivity index is 1.48. The Morgan fingerprint density at radius 3 is 2.75 bits per heavy atom. The molecule has 0 atom stereocenters. The minimum atomic E-state index is 0.506. The quantitative estimate of drug-likeness (QED) is 0.429. The monoisotopic (exact) mass is 420 g/mol. The predicted octanol–water partition coefficient (Wildman–Crippen LogP) is 5.09. The van der Waals surface area contributed by atoms with E-state index in [-0.39, 0.29) is 0 Å². The standard InChI is InChI=1S/C16H10BrClN4OS/c17-11-3-1-10(2-4-11)15-20-21-16(23-15)24-9-13-8-22-7-12(18)5-6-14(22)19-13/h1-8H,9H2. The highest BCUT2D eigenvalue weighted by molar-refractivity contribution is 9.10. The number of imidazole rings is 1. The Morgan fingerprint density at radius 1 is 1.08 bits per heavy atom. The van der Waals surface area contributed by atoms with Gasteiger partial charge >= 0.3 is 0 Å². The maximum atomic E-state index is 5.98. The van der Waals surface area contributed by atoms with Crippen molar-refractivity contribution in [1.82, 2.24) is 19.6 Å². The number of benzene rings is 1. The molecule has 0 saturated carbocycles. The summed E-state index contributed by atoms with van der Waals surface area (Å²) < 4.78 is 8.60. The molecule has 24 heavy (non-hydrogen) atoms. The average molecular weight is 422 g/mol. The molecule has 5 nitrogen and oxygen atoms in total. The van der Waals surface area contributed by atoms with Crippen LogP contribution in [0.2, 0.25) is 5.02 Å². The van der Waals surface area contributed by atoms with Gasteiger partial charge in [-0.05, 0) is 36.4 Å². The number of hydrogen-bond donors (Lipinski definition) is 0. The fourth-order valence-corrected chi connectivity index (χ4v) is 3.28. The van der Waals surface area contributed by atoms with Gasteiger partial charge in [0.05, 0.1) is 10.7 Å². The van der Waals surface area contributed by atoms with Gasteiger partial charge in [-0.15, -0.1) is 10.2 Å². The molecule has 4 aromatic rings. The third-order valence-corrected chi connectivity index (χ3v) is 4.91. The number of fused-ring (bicyclic) bond motifs is 1. The van der Waals surface area contributed by atoms with Crippen LogP contribution >= 0.6 is 39.3 Å². The predicted molar refractivity (Wildman–Crippen MR) is 97.2 cm³/mol. The van der Waals surface area contributed by atoms with E-state index >= 15 is 0 Å². The van der Waals surface area contributed by atoms with Gasteiger partial charge in [-0.2, -0.15) is 0 Å². The maximum Gasteiger partial charge on any atom is 0.277 e. The zero-order valence-electron chi connectivity index (χ0n) is 12.2. The second-order valence-corrected chi connectivity index (χ2v) is 7.29. The van der Waals surface area contributed by atoms with E-state index in [9.17, 15) is 0 Å². The van der Waals surface area contributed by atoms with Crippen LogP contribution in [0.3, 0.4) is 0 Å². The molecule has 0 aliphatic heterocycles. The molecule has 8 heteroatoms. The topological polar surface area (TPSA) is 56.2 Å². The Kier molecular flexibility index (Phi) is 4.30. The summed E-state index contributed by atoms with van der Waals surface area (Å²) in [6, 6.07) is 11.4. The van der Waals surface area contributed by atoms with Crippen molar-refractivity contribution in [1.29, 1.82) is 0 Å². The van der Waals surface area contributed by atoms with Gasteiger partial charge in [-0.3, -0.25) is 0 Å². The first-order valence-corrected chi connectivity index (χ1v) is 9.18. The van der Waals surface area contributed by atoms with Crippen LogP contribution in [0.4, 0.5) is 0 Å². The van der Waals surface area contributed by atoms with E-state index in [1.54, 1.807) is 0 Å². The zero-order chi connectivity index (χ0) is 16.5. The third kappa shape index (κ3) is 3.33. The van der Waals surface area contributed by atoms with Gasteiger partial charge in [-0.25, -0.2) is 4.98 Å². The van der Waals surface area contributed by atoms with Gasteiger partial charge in [0.2, 0.25) is 5.89 Å². The van der Waals surface area contributed by atoms with E-state index in [4.69, 9.17) is 16.0 Å². The molecule has 0 aliphatic rings. The van der Waals surface area contributed by atoms with E-state index in [1.165, 1.54) is 11.8 Å². The number of hydrogen-bond acceptors (Lipinski definition) is 5. The van der Waals surface area contributed by atoms with Gasteiger partial charge in [-0.1, -0.05) is 39.3 Å². The molecule has 0 saturated heterocycles. The van der Waals surface area contributed by atoms with Crippen LogP contribution in [0, 0.1) is 0 Å². The number of aromatic nitrogens is 4. The molecule has 3 aromatic heterocycles. The molecule has 0 unspecified atom stereocenters. The summed E-state index contributed by atoms with van der Waals surface area (Å²) in [6.45, 7) is 0. The van der Waals surface area contributed by atoms with Crippen molar-refractivity contribution < 1.29 is 4.42 Å². The van der Waals surface area contributed by atoms with Crippen molar-refractivity contribution in [3.05, 3.63) is 64.0 Å². The summed E-state index contributed by atoms with van der Waals surface area (Å²) in [5.74, 6) is 1.15.